The third-order valence-corrected chi connectivity index (χ3v) is 4.81. The second-order valence-corrected chi connectivity index (χ2v) is 7.17. The van der Waals surface area contributed by atoms with E-state index in [1.807, 2.05) is 0 Å². The first-order valence-corrected chi connectivity index (χ1v) is 8.68. The SMILES string of the molecule is COc1ccc(C#N)cc1-c1cnccc1C[N+](=O)c1nnc(Br)s1. The van der Waals surface area contributed by atoms with Crippen LogP contribution in [0.15, 0.2) is 40.6 Å². The molecule has 3 rings (SSSR count). The average molecular weight is 417 g/mol. The number of rotatable bonds is 5. The van der Waals surface area contributed by atoms with Crippen molar-refractivity contribution in [2.75, 3.05) is 7.11 Å². The molecule has 0 unspecified atom stereocenters. The van der Waals surface area contributed by atoms with Crippen LogP contribution in [0.2, 0.25) is 0 Å². The molecule has 0 radical (unpaired) electrons. The van der Waals surface area contributed by atoms with Gasteiger partial charge in [-0.3, -0.25) is 4.98 Å². The minimum Gasteiger partial charge on any atom is -0.496 e. The maximum atomic E-state index is 12.4. The fraction of sp³-hybridized carbons (Fsp3) is 0.125. The summed E-state index contributed by atoms with van der Waals surface area (Å²) in [4.78, 5) is 16.5. The molecule has 0 amide bonds. The zero-order valence-electron chi connectivity index (χ0n) is 13.0. The molecule has 0 aliphatic rings. The molecule has 0 N–H and O–H groups in total. The van der Waals surface area contributed by atoms with Crippen LogP contribution in [-0.4, -0.2) is 27.1 Å². The predicted molar refractivity (Wildman–Crippen MR) is 95.5 cm³/mol. The van der Waals surface area contributed by atoms with Crippen molar-refractivity contribution in [3.05, 3.63) is 56.6 Å². The number of ether oxygens (including phenoxy) is 1. The molecule has 0 fully saturated rings. The first-order chi connectivity index (χ1) is 12.1. The number of hydrogen-bond acceptors (Lipinski definition) is 7. The summed E-state index contributed by atoms with van der Waals surface area (Å²) in [5.41, 5.74) is 2.67. The highest BCUT2D eigenvalue weighted by Gasteiger charge is 2.22. The lowest BCUT2D eigenvalue weighted by Gasteiger charge is -2.11. The predicted octanol–water partition coefficient (Wildman–Crippen LogP) is 3.85. The van der Waals surface area contributed by atoms with Crippen molar-refractivity contribution in [2.45, 2.75) is 6.54 Å². The molecule has 25 heavy (non-hydrogen) atoms. The van der Waals surface area contributed by atoms with Crippen LogP contribution in [-0.2, 0) is 6.54 Å². The van der Waals surface area contributed by atoms with E-state index in [9.17, 15) is 4.91 Å². The molecule has 0 bridgehead atoms. The topological polar surface area (TPSA) is 91.8 Å². The zero-order chi connectivity index (χ0) is 17.8. The van der Waals surface area contributed by atoms with Crippen molar-refractivity contribution in [2.24, 2.45) is 0 Å². The Morgan fingerprint density at radius 3 is 2.84 bits per heavy atom. The number of nitriles is 1. The Morgan fingerprint density at radius 1 is 1.32 bits per heavy atom. The van der Waals surface area contributed by atoms with E-state index >= 15 is 0 Å². The molecule has 7 nitrogen and oxygen atoms in total. The first kappa shape index (κ1) is 17.1. The van der Waals surface area contributed by atoms with Crippen molar-refractivity contribution in [3.8, 4) is 22.9 Å². The van der Waals surface area contributed by atoms with Gasteiger partial charge >= 0.3 is 5.13 Å². The number of nitrogens with zero attached hydrogens (tertiary/aromatic N) is 5. The van der Waals surface area contributed by atoms with Crippen LogP contribution in [0, 0.1) is 16.2 Å². The second-order valence-electron chi connectivity index (χ2n) is 4.93. The summed E-state index contributed by atoms with van der Waals surface area (Å²) in [6, 6.07) is 8.99. The van der Waals surface area contributed by atoms with E-state index in [4.69, 9.17) is 10.00 Å². The summed E-state index contributed by atoms with van der Waals surface area (Å²) in [7, 11) is 1.56. The van der Waals surface area contributed by atoms with Crippen LogP contribution in [0.5, 0.6) is 5.75 Å². The summed E-state index contributed by atoms with van der Waals surface area (Å²) < 4.78 is 6.70. The Morgan fingerprint density at radius 2 is 2.16 bits per heavy atom. The molecule has 9 heteroatoms. The fourth-order valence-electron chi connectivity index (χ4n) is 2.31. The number of hydrogen-bond donors (Lipinski definition) is 0. The number of halogens is 1. The van der Waals surface area contributed by atoms with Gasteiger partial charge in [-0.05, 0) is 61.4 Å². The van der Waals surface area contributed by atoms with Gasteiger partial charge in [-0.15, -0.1) is 0 Å². The minimum atomic E-state index is 0.0689. The van der Waals surface area contributed by atoms with E-state index in [1.54, 1.807) is 43.8 Å². The van der Waals surface area contributed by atoms with Crippen LogP contribution in [0.3, 0.4) is 0 Å². The molecular formula is C16H11BrN5O2S+. The van der Waals surface area contributed by atoms with Gasteiger partial charge in [0, 0.05) is 29.1 Å². The monoisotopic (exact) mass is 416 g/mol. The van der Waals surface area contributed by atoms with E-state index in [0.29, 0.717) is 20.8 Å². The van der Waals surface area contributed by atoms with E-state index in [2.05, 4.69) is 37.2 Å². The molecule has 0 aliphatic heterocycles. The van der Waals surface area contributed by atoms with E-state index in [1.165, 1.54) is 0 Å². The molecule has 124 valence electrons. The van der Waals surface area contributed by atoms with Gasteiger partial charge in [0.15, 0.2) is 6.54 Å². The smallest absolute Gasteiger partial charge is 0.448 e. The molecule has 0 spiro atoms. The maximum absolute atomic E-state index is 12.4. The van der Waals surface area contributed by atoms with Gasteiger partial charge in [-0.25, -0.2) is 0 Å². The minimum absolute atomic E-state index is 0.0689. The van der Waals surface area contributed by atoms with Crippen LogP contribution in [0.4, 0.5) is 5.13 Å². The fourth-order valence-corrected chi connectivity index (χ4v) is 3.31. The lowest BCUT2D eigenvalue weighted by atomic mass is 9.99. The molecule has 1 aromatic carbocycles. The highest BCUT2D eigenvalue weighted by atomic mass is 79.9. The quantitative estimate of drug-likeness (QED) is 0.586. The molecule has 2 aromatic heterocycles. The van der Waals surface area contributed by atoms with Gasteiger partial charge < -0.3 is 4.74 Å². The Hall–Kier alpha value is -2.70. The molecule has 2 heterocycles. The molecule has 3 aromatic rings. The van der Waals surface area contributed by atoms with Crippen molar-refractivity contribution >= 4 is 32.4 Å². The normalized spacial score (nSPS) is 10.3. The number of aromatic nitrogens is 3. The van der Waals surface area contributed by atoms with E-state index < -0.39 is 0 Å². The Kier molecular flexibility index (Phi) is 5.11. The summed E-state index contributed by atoms with van der Waals surface area (Å²) in [5.74, 6) is 0.601. The van der Waals surface area contributed by atoms with Gasteiger partial charge in [0.1, 0.15) is 5.75 Å². The number of benzene rings is 1. The third-order valence-electron chi connectivity index (χ3n) is 3.45. The van der Waals surface area contributed by atoms with Crippen molar-refractivity contribution in [1.82, 2.24) is 15.2 Å². The Labute approximate surface area is 155 Å². The molecule has 0 saturated heterocycles. The second kappa shape index (κ2) is 7.46. The van der Waals surface area contributed by atoms with Crippen molar-refractivity contribution in [1.29, 1.82) is 5.26 Å². The van der Waals surface area contributed by atoms with Crippen LogP contribution in [0.1, 0.15) is 11.1 Å². The summed E-state index contributed by atoms with van der Waals surface area (Å²) in [6.45, 7) is 0.0689. The summed E-state index contributed by atoms with van der Waals surface area (Å²) >= 11 is 4.35. The van der Waals surface area contributed by atoms with E-state index in [0.717, 1.165) is 27.2 Å². The highest BCUT2D eigenvalue weighted by molar-refractivity contribution is 9.11. The third kappa shape index (κ3) is 3.70. The van der Waals surface area contributed by atoms with Crippen LogP contribution in [0.25, 0.3) is 11.1 Å². The largest absolute Gasteiger partial charge is 0.496 e. The standard InChI is InChI=1S/C16H11BrN5O2S/c1-24-14-3-2-10(7-18)6-12(14)13-8-19-5-4-11(13)9-22(23)16-21-20-15(17)25-16/h2-6,8H,9H2,1H3/q+1. The average Bonchev–Trinajstić information content (AvgIpc) is 3.08. The molecule has 0 atom stereocenters. The van der Waals surface area contributed by atoms with Crippen molar-refractivity contribution in [3.63, 3.8) is 0 Å². The van der Waals surface area contributed by atoms with Gasteiger partial charge in [-0.1, -0.05) is 4.91 Å². The molecule has 0 saturated carbocycles. The van der Waals surface area contributed by atoms with Crippen LogP contribution >= 0.6 is 27.3 Å². The Bertz CT molecular complexity index is 983. The van der Waals surface area contributed by atoms with Gasteiger partial charge in [0.2, 0.25) is 3.92 Å². The zero-order valence-corrected chi connectivity index (χ0v) is 15.4. The number of nitroso groups, excluding NO2 is 1. The maximum Gasteiger partial charge on any atom is 0.448 e. The van der Waals surface area contributed by atoms with Gasteiger partial charge in [-0.2, -0.15) is 5.26 Å². The first-order valence-electron chi connectivity index (χ1n) is 7.07. The number of pyridine rings is 1. The van der Waals surface area contributed by atoms with Crippen LogP contribution < -0.4 is 4.74 Å². The highest BCUT2D eigenvalue weighted by Crippen LogP contribution is 2.34. The lowest BCUT2D eigenvalue weighted by molar-refractivity contribution is -0.480. The van der Waals surface area contributed by atoms with Gasteiger partial charge in [0.25, 0.3) is 0 Å². The molecule has 0 aliphatic carbocycles. The van der Waals surface area contributed by atoms with E-state index in [-0.39, 0.29) is 11.7 Å². The summed E-state index contributed by atoms with van der Waals surface area (Å²) in [6.07, 6.45) is 3.27. The number of methoxy groups -OCH3 is 1. The van der Waals surface area contributed by atoms with Crippen molar-refractivity contribution < 1.29 is 9.50 Å². The summed E-state index contributed by atoms with van der Waals surface area (Å²) in [5, 5.41) is 17.0. The Balaban J connectivity index is 2.02. The lowest BCUT2D eigenvalue weighted by Crippen LogP contribution is -2.03. The molecular weight excluding hydrogens is 406 g/mol. The van der Waals surface area contributed by atoms with Gasteiger partial charge in [0.05, 0.1) is 23.8 Å².